The number of guanidine groups is 1. The molecule has 2 fully saturated rings. The highest BCUT2D eigenvalue weighted by Crippen LogP contribution is 2.08. The smallest absolute Gasteiger partial charge is 0.241 e. The summed E-state index contributed by atoms with van der Waals surface area (Å²) in [7, 11) is 3.41. The molecule has 1 N–H and O–H groups in total. The maximum Gasteiger partial charge on any atom is 0.241 e. The molecule has 1 amide bonds. The molecular weight excluding hydrogens is 272 g/mol. The topological polar surface area (TPSA) is 66.4 Å². The fraction of sp³-hybridized carbons (Fsp3) is 0.857. The van der Waals surface area contributed by atoms with Gasteiger partial charge in [0.15, 0.2) is 5.96 Å². The van der Waals surface area contributed by atoms with Crippen LogP contribution in [-0.4, -0.2) is 87.9 Å². The average Bonchev–Trinajstić information content (AvgIpc) is 3.03. The van der Waals surface area contributed by atoms with Crippen molar-refractivity contribution >= 4 is 11.9 Å². The van der Waals surface area contributed by atoms with Crippen LogP contribution < -0.4 is 5.32 Å². The number of amides is 1. The number of likely N-dealkylation sites (tertiary alicyclic amines) is 1. The van der Waals surface area contributed by atoms with Crippen LogP contribution in [0.4, 0.5) is 0 Å². The van der Waals surface area contributed by atoms with Gasteiger partial charge < -0.3 is 24.6 Å². The zero-order valence-corrected chi connectivity index (χ0v) is 13.0. The van der Waals surface area contributed by atoms with Crippen molar-refractivity contribution in [2.75, 3.05) is 60.1 Å². The minimum Gasteiger partial charge on any atom is -0.382 e. The van der Waals surface area contributed by atoms with Crippen LogP contribution in [0.5, 0.6) is 0 Å². The van der Waals surface area contributed by atoms with Crippen LogP contribution in [0.3, 0.4) is 0 Å². The van der Waals surface area contributed by atoms with Gasteiger partial charge in [-0.2, -0.15) is 0 Å². The molecule has 0 bridgehead atoms. The Balaban J connectivity index is 1.80. The van der Waals surface area contributed by atoms with Crippen molar-refractivity contribution in [3.8, 4) is 0 Å². The van der Waals surface area contributed by atoms with Gasteiger partial charge in [0.1, 0.15) is 0 Å². The third-order valence-electron chi connectivity index (χ3n) is 3.86. The van der Waals surface area contributed by atoms with Gasteiger partial charge in [-0.05, 0) is 12.8 Å². The molecule has 0 spiro atoms. The lowest BCUT2D eigenvalue weighted by Crippen LogP contribution is -2.53. The minimum absolute atomic E-state index is 0.0524. The van der Waals surface area contributed by atoms with Gasteiger partial charge in [-0.15, -0.1) is 0 Å². The second-order valence-corrected chi connectivity index (χ2v) is 5.38. The maximum absolute atomic E-state index is 12.1. The van der Waals surface area contributed by atoms with E-state index in [1.807, 2.05) is 4.90 Å². The van der Waals surface area contributed by atoms with Crippen LogP contribution in [0, 0.1) is 0 Å². The lowest BCUT2D eigenvalue weighted by molar-refractivity contribution is -0.128. The summed E-state index contributed by atoms with van der Waals surface area (Å²) in [5.41, 5.74) is 0. The van der Waals surface area contributed by atoms with E-state index in [1.54, 1.807) is 14.2 Å². The Morgan fingerprint density at radius 2 is 2.10 bits per heavy atom. The predicted molar refractivity (Wildman–Crippen MR) is 80.4 cm³/mol. The second-order valence-electron chi connectivity index (χ2n) is 5.38. The van der Waals surface area contributed by atoms with E-state index in [0.29, 0.717) is 19.8 Å². The SMILES string of the molecule is CN=C(NCC(=O)N1CCCC1)N1CCOC(COC)C1. The summed E-state index contributed by atoms with van der Waals surface area (Å²) in [6, 6.07) is 0. The molecule has 120 valence electrons. The zero-order valence-electron chi connectivity index (χ0n) is 13.0. The van der Waals surface area contributed by atoms with Gasteiger partial charge in [-0.1, -0.05) is 0 Å². The fourth-order valence-electron chi connectivity index (χ4n) is 2.76. The van der Waals surface area contributed by atoms with Crippen molar-refractivity contribution < 1.29 is 14.3 Å². The molecule has 7 heteroatoms. The van der Waals surface area contributed by atoms with E-state index in [9.17, 15) is 4.79 Å². The highest BCUT2D eigenvalue weighted by Gasteiger charge is 2.24. The van der Waals surface area contributed by atoms with Crippen LogP contribution in [-0.2, 0) is 14.3 Å². The Morgan fingerprint density at radius 1 is 1.33 bits per heavy atom. The molecule has 7 nitrogen and oxygen atoms in total. The van der Waals surface area contributed by atoms with Crippen LogP contribution in [0.25, 0.3) is 0 Å². The average molecular weight is 298 g/mol. The standard InChI is InChI=1S/C14H26N4O3/c1-15-14(16-9-13(19)17-5-3-4-6-17)18-7-8-21-12(10-18)11-20-2/h12H,3-11H2,1-2H3,(H,15,16). The van der Waals surface area contributed by atoms with Gasteiger partial charge in [-0.3, -0.25) is 9.79 Å². The number of carbonyl (C=O) groups excluding carboxylic acids is 1. The summed E-state index contributed by atoms with van der Waals surface area (Å²) in [6.45, 7) is 4.79. The Kier molecular flexibility index (Phi) is 6.25. The summed E-state index contributed by atoms with van der Waals surface area (Å²) in [4.78, 5) is 20.4. The molecule has 0 radical (unpaired) electrons. The molecule has 0 aromatic rings. The summed E-state index contributed by atoms with van der Waals surface area (Å²) in [6.07, 6.45) is 2.28. The highest BCUT2D eigenvalue weighted by molar-refractivity contribution is 5.86. The summed E-state index contributed by atoms with van der Waals surface area (Å²) >= 11 is 0. The van der Waals surface area contributed by atoms with Crippen molar-refractivity contribution in [1.82, 2.24) is 15.1 Å². The van der Waals surface area contributed by atoms with E-state index in [2.05, 4.69) is 15.2 Å². The van der Waals surface area contributed by atoms with Gasteiger partial charge in [0.25, 0.3) is 0 Å². The Hall–Kier alpha value is -1.34. The first-order chi connectivity index (χ1) is 10.2. The number of nitrogens with zero attached hydrogens (tertiary/aromatic N) is 3. The number of aliphatic imine (C=N–C) groups is 1. The van der Waals surface area contributed by atoms with Crippen LogP contribution >= 0.6 is 0 Å². The van der Waals surface area contributed by atoms with E-state index in [1.165, 1.54) is 0 Å². The Morgan fingerprint density at radius 3 is 2.76 bits per heavy atom. The predicted octanol–water partition coefficient (Wildman–Crippen LogP) is -0.469. The number of carbonyl (C=O) groups is 1. The summed E-state index contributed by atoms with van der Waals surface area (Å²) < 4.78 is 10.8. The lowest BCUT2D eigenvalue weighted by atomic mass is 10.3. The third kappa shape index (κ3) is 4.57. The van der Waals surface area contributed by atoms with Crippen molar-refractivity contribution in [2.24, 2.45) is 4.99 Å². The first-order valence-electron chi connectivity index (χ1n) is 7.58. The number of morpholine rings is 1. The highest BCUT2D eigenvalue weighted by atomic mass is 16.5. The van der Waals surface area contributed by atoms with Crippen LogP contribution in [0.2, 0.25) is 0 Å². The summed E-state index contributed by atoms with van der Waals surface area (Å²) in [5.74, 6) is 0.905. The first kappa shape index (κ1) is 16.0. The first-order valence-corrected chi connectivity index (χ1v) is 7.58. The molecule has 1 atom stereocenters. The Labute approximate surface area is 126 Å². The molecule has 1 unspecified atom stereocenters. The molecule has 0 aromatic carbocycles. The number of hydrogen-bond acceptors (Lipinski definition) is 4. The van der Waals surface area contributed by atoms with Crippen molar-refractivity contribution in [3.05, 3.63) is 0 Å². The van der Waals surface area contributed by atoms with E-state index in [4.69, 9.17) is 9.47 Å². The normalized spacial score (nSPS) is 23.5. The van der Waals surface area contributed by atoms with Gasteiger partial charge in [0.2, 0.25) is 5.91 Å². The fourth-order valence-corrected chi connectivity index (χ4v) is 2.76. The molecule has 2 aliphatic rings. The number of methoxy groups -OCH3 is 1. The zero-order chi connectivity index (χ0) is 15.1. The van der Waals surface area contributed by atoms with Crippen molar-refractivity contribution in [1.29, 1.82) is 0 Å². The third-order valence-corrected chi connectivity index (χ3v) is 3.86. The summed E-state index contributed by atoms with van der Waals surface area (Å²) in [5, 5.41) is 3.17. The van der Waals surface area contributed by atoms with Gasteiger partial charge in [-0.25, -0.2) is 0 Å². The lowest BCUT2D eigenvalue weighted by Gasteiger charge is -2.34. The molecule has 2 rings (SSSR count). The molecule has 2 aliphatic heterocycles. The largest absolute Gasteiger partial charge is 0.382 e. The molecule has 2 heterocycles. The minimum atomic E-state index is 0.0524. The molecule has 2 saturated heterocycles. The molecule has 0 aromatic heterocycles. The van der Waals surface area contributed by atoms with Crippen molar-refractivity contribution in [2.45, 2.75) is 18.9 Å². The monoisotopic (exact) mass is 298 g/mol. The quantitative estimate of drug-likeness (QED) is 0.561. The van der Waals surface area contributed by atoms with E-state index in [-0.39, 0.29) is 12.0 Å². The number of rotatable bonds is 4. The van der Waals surface area contributed by atoms with Gasteiger partial charge in [0, 0.05) is 40.3 Å². The number of nitrogens with one attached hydrogen (secondary N) is 1. The van der Waals surface area contributed by atoms with Crippen LogP contribution in [0.15, 0.2) is 4.99 Å². The molecule has 0 saturated carbocycles. The van der Waals surface area contributed by atoms with Gasteiger partial charge >= 0.3 is 0 Å². The van der Waals surface area contributed by atoms with E-state index in [0.717, 1.165) is 45.0 Å². The maximum atomic E-state index is 12.1. The van der Waals surface area contributed by atoms with Crippen LogP contribution in [0.1, 0.15) is 12.8 Å². The molecular formula is C14H26N4O3. The van der Waals surface area contributed by atoms with Crippen molar-refractivity contribution in [3.63, 3.8) is 0 Å². The molecule has 0 aliphatic carbocycles. The van der Waals surface area contributed by atoms with E-state index < -0.39 is 0 Å². The van der Waals surface area contributed by atoms with E-state index >= 15 is 0 Å². The number of hydrogen-bond donors (Lipinski definition) is 1. The molecule has 21 heavy (non-hydrogen) atoms. The second kappa shape index (κ2) is 8.19. The van der Waals surface area contributed by atoms with Gasteiger partial charge in [0.05, 0.1) is 25.9 Å². The Bertz CT molecular complexity index is 367. The number of ether oxygens (including phenoxy) is 2.